The molecule has 9 heteroatoms. The Balaban J connectivity index is 2.14. The monoisotopic (exact) mass is 424 g/mol. The van der Waals surface area contributed by atoms with Crippen LogP contribution in [-0.2, 0) is 7.05 Å². The molecule has 0 atom stereocenters. The third-order valence-electron chi connectivity index (χ3n) is 4.56. The van der Waals surface area contributed by atoms with Gasteiger partial charge in [-0.05, 0) is 55.0 Å². The first-order valence-electron chi connectivity index (χ1n) is 9.15. The average Bonchev–Trinajstić information content (AvgIpc) is 3.00. The molecule has 1 heterocycles. The molecule has 0 fully saturated rings. The second-order valence-corrected chi connectivity index (χ2v) is 6.83. The first-order chi connectivity index (χ1) is 14.5. The minimum atomic E-state index is 0.0749. The van der Waals surface area contributed by atoms with Crippen molar-refractivity contribution in [1.29, 1.82) is 0 Å². The Morgan fingerprint density at radius 3 is 2.43 bits per heavy atom. The van der Waals surface area contributed by atoms with Gasteiger partial charge in [0, 0.05) is 13.3 Å². The van der Waals surface area contributed by atoms with Crippen LogP contribution in [-0.4, -0.2) is 34.9 Å². The fourth-order valence-electron chi connectivity index (χ4n) is 3.00. The van der Waals surface area contributed by atoms with E-state index in [-0.39, 0.29) is 5.11 Å². The molecule has 0 aliphatic carbocycles. The highest BCUT2D eigenvalue weighted by atomic mass is 32.1. The summed E-state index contributed by atoms with van der Waals surface area (Å²) < 4.78 is 14.6. The van der Waals surface area contributed by atoms with Crippen LogP contribution in [0.1, 0.15) is 11.3 Å². The van der Waals surface area contributed by atoms with Gasteiger partial charge in [0.25, 0.3) is 0 Å². The maximum absolute atomic E-state index is 5.59. The molecule has 0 unspecified atom stereocenters. The van der Waals surface area contributed by atoms with E-state index in [1.165, 1.54) is 0 Å². The lowest BCUT2D eigenvalue weighted by Gasteiger charge is -2.09. The van der Waals surface area contributed by atoms with Gasteiger partial charge in [0.1, 0.15) is 5.69 Å². The van der Waals surface area contributed by atoms with E-state index in [4.69, 9.17) is 32.4 Å². The number of thiocarbonyl (C=S) groups is 1. The molecular weight excluding hydrogens is 400 g/mol. The fraction of sp³-hybridized carbons (Fsp3) is 0.190. The Bertz CT molecular complexity index is 1150. The lowest BCUT2D eigenvalue weighted by atomic mass is 10.2. The molecule has 0 bridgehead atoms. The van der Waals surface area contributed by atoms with Crippen molar-refractivity contribution >= 4 is 29.2 Å². The van der Waals surface area contributed by atoms with E-state index < -0.39 is 0 Å². The highest BCUT2D eigenvalue weighted by molar-refractivity contribution is 7.80. The molecule has 3 rings (SSSR count). The molecule has 0 saturated heterocycles. The molecule has 8 nitrogen and oxygen atoms in total. The summed E-state index contributed by atoms with van der Waals surface area (Å²) in [6, 6.07) is 15.4. The Kier molecular flexibility index (Phi) is 6.53. The molecule has 0 aliphatic rings. The standard InChI is InChI=1S/C21H24N6O2S/c1-14-19(23-13-15-10-11-17(28-3)18(12-15)29-4)20(24-25-21(22)30)27(26(14)2)16-8-6-5-7-9-16/h5-13H,1-4H3,(H3,22,25,30)/b23-13?,24-20+. The Morgan fingerprint density at radius 1 is 1.10 bits per heavy atom. The Morgan fingerprint density at radius 2 is 1.80 bits per heavy atom. The first kappa shape index (κ1) is 21.1. The van der Waals surface area contributed by atoms with E-state index in [0.29, 0.717) is 22.7 Å². The molecule has 0 spiro atoms. The van der Waals surface area contributed by atoms with Crippen LogP contribution in [0, 0.1) is 6.92 Å². The maximum Gasteiger partial charge on any atom is 0.200 e. The van der Waals surface area contributed by atoms with E-state index >= 15 is 0 Å². The van der Waals surface area contributed by atoms with Gasteiger partial charge < -0.3 is 15.2 Å². The van der Waals surface area contributed by atoms with Crippen LogP contribution in [0.5, 0.6) is 11.5 Å². The summed E-state index contributed by atoms with van der Waals surface area (Å²) in [6.07, 6.45) is 1.75. The number of aliphatic imine (C=N–C) groups is 1. The number of methoxy groups -OCH3 is 2. The van der Waals surface area contributed by atoms with E-state index in [9.17, 15) is 0 Å². The number of rotatable bonds is 6. The normalized spacial score (nSPS) is 11.7. The van der Waals surface area contributed by atoms with Gasteiger partial charge in [-0.1, -0.05) is 18.2 Å². The van der Waals surface area contributed by atoms with Gasteiger partial charge in [-0.2, -0.15) is 5.10 Å². The second-order valence-electron chi connectivity index (χ2n) is 6.39. The molecular formula is C21H24N6O2S. The molecule has 3 aromatic rings. The number of ether oxygens (including phenoxy) is 2. The summed E-state index contributed by atoms with van der Waals surface area (Å²) in [6.45, 7) is 1.97. The third kappa shape index (κ3) is 4.36. The smallest absolute Gasteiger partial charge is 0.200 e. The molecule has 2 aromatic carbocycles. The summed E-state index contributed by atoms with van der Waals surface area (Å²) in [5, 5.41) is 4.48. The zero-order valence-electron chi connectivity index (χ0n) is 17.3. The molecule has 30 heavy (non-hydrogen) atoms. The van der Waals surface area contributed by atoms with E-state index in [1.807, 2.05) is 71.9 Å². The van der Waals surface area contributed by atoms with Crippen molar-refractivity contribution in [3.63, 3.8) is 0 Å². The highest BCUT2D eigenvalue weighted by Gasteiger charge is 2.14. The first-order valence-corrected chi connectivity index (χ1v) is 9.56. The van der Waals surface area contributed by atoms with Gasteiger partial charge in [-0.15, -0.1) is 0 Å². The molecule has 0 radical (unpaired) electrons. The van der Waals surface area contributed by atoms with Gasteiger partial charge in [0.05, 0.1) is 25.6 Å². The van der Waals surface area contributed by atoms with Crippen LogP contribution in [0.15, 0.2) is 58.6 Å². The SMILES string of the molecule is COc1ccc(C=Nc2c(C)n(C)n(-c3ccccc3)/c2=N/NC(N)=S)cc1OC. The van der Waals surface area contributed by atoms with Crippen molar-refractivity contribution in [2.45, 2.75) is 6.92 Å². The average molecular weight is 425 g/mol. The van der Waals surface area contributed by atoms with E-state index in [1.54, 1.807) is 20.4 Å². The van der Waals surface area contributed by atoms with Crippen molar-refractivity contribution in [1.82, 2.24) is 14.8 Å². The largest absolute Gasteiger partial charge is 0.493 e. The lowest BCUT2D eigenvalue weighted by Crippen LogP contribution is -2.30. The maximum atomic E-state index is 5.59. The number of nitrogens with one attached hydrogen (secondary N) is 1. The topological polar surface area (TPSA) is 91.1 Å². The molecule has 1 aromatic heterocycles. The van der Waals surface area contributed by atoms with Gasteiger partial charge in [0.2, 0.25) is 0 Å². The summed E-state index contributed by atoms with van der Waals surface area (Å²) in [4.78, 5) is 4.71. The highest BCUT2D eigenvalue weighted by Crippen LogP contribution is 2.27. The molecule has 0 aliphatic heterocycles. The van der Waals surface area contributed by atoms with Crippen LogP contribution < -0.4 is 26.1 Å². The van der Waals surface area contributed by atoms with Crippen molar-refractivity contribution in [3.8, 4) is 17.2 Å². The molecule has 156 valence electrons. The number of benzene rings is 2. The van der Waals surface area contributed by atoms with Crippen molar-refractivity contribution in [3.05, 3.63) is 65.3 Å². The zero-order chi connectivity index (χ0) is 21.7. The number of hydrogen-bond acceptors (Lipinski definition) is 5. The fourth-order valence-corrected chi connectivity index (χ4v) is 3.05. The molecule has 0 saturated carbocycles. The molecule has 3 N–H and O–H groups in total. The van der Waals surface area contributed by atoms with Crippen molar-refractivity contribution in [2.75, 3.05) is 14.2 Å². The number of nitrogens with two attached hydrogens (primary N) is 1. The minimum Gasteiger partial charge on any atom is -0.493 e. The van der Waals surface area contributed by atoms with Gasteiger partial charge in [-0.3, -0.25) is 15.1 Å². The summed E-state index contributed by atoms with van der Waals surface area (Å²) in [5.74, 6) is 1.29. The lowest BCUT2D eigenvalue weighted by molar-refractivity contribution is 0.355. The van der Waals surface area contributed by atoms with Crippen molar-refractivity contribution < 1.29 is 9.47 Å². The van der Waals surface area contributed by atoms with Gasteiger partial charge >= 0.3 is 0 Å². The number of nitrogens with zero attached hydrogens (tertiary/aromatic N) is 4. The predicted octanol–water partition coefficient (Wildman–Crippen LogP) is 2.54. The van der Waals surface area contributed by atoms with E-state index in [2.05, 4.69) is 10.5 Å². The van der Waals surface area contributed by atoms with E-state index in [0.717, 1.165) is 16.9 Å². The molecule has 0 amide bonds. The van der Waals surface area contributed by atoms with Crippen LogP contribution >= 0.6 is 12.2 Å². The minimum absolute atomic E-state index is 0.0749. The van der Waals surface area contributed by atoms with Gasteiger partial charge in [-0.25, -0.2) is 4.68 Å². The Hall–Kier alpha value is -3.59. The van der Waals surface area contributed by atoms with Crippen molar-refractivity contribution in [2.24, 2.45) is 22.9 Å². The van der Waals surface area contributed by atoms with Crippen LogP contribution in [0.3, 0.4) is 0 Å². The summed E-state index contributed by atoms with van der Waals surface area (Å²) in [7, 11) is 5.14. The summed E-state index contributed by atoms with van der Waals surface area (Å²) in [5.41, 5.74) is 12.2. The predicted molar refractivity (Wildman–Crippen MR) is 122 cm³/mol. The quantitative estimate of drug-likeness (QED) is 0.361. The summed E-state index contributed by atoms with van der Waals surface area (Å²) >= 11 is 4.92. The number of para-hydroxylation sites is 1. The zero-order valence-corrected chi connectivity index (χ0v) is 18.1. The third-order valence-corrected chi connectivity index (χ3v) is 4.65. The van der Waals surface area contributed by atoms with Gasteiger partial charge in [0.15, 0.2) is 22.1 Å². The van der Waals surface area contributed by atoms with Crippen LogP contribution in [0.25, 0.3) is 5.69 Å². The van der Waals surface area contributed by atoms with Crippen LogP contribution in [0.4, 0.5) is 5.69 Å². The number of aromatic nitrogens is 2. The Labute approximate surface area is 180 Å². The number of hydrogen-bond donors (Lipinski definition) is 2. The second kappa shape index (κ2) is 9.27. The van der Waals surface area contributed by atoms with Crippen LogP contribution in [0.2, 0.25) is 0 Å².